The Morgan fingerprint density at radius 3 is 2.25 bits per heavy atom. The molecule has 0 aliphatic carbocycles. The maximum Gasteiger partial charge on any atom is 0.123 e. The van der Waals surface area contributed by atoms with Crippen LogP contribution in [0.1, 0.15) is 25.5 Å². The van der Waals surface area contributed by atoms with Crippen LogP contribution >= 0.6 is 0 Å². The summed E-state index contributed by atoms with van der Waals surface area (Å²) in [5, 5.41) is 0. The lowest BCUT2D eigenvalue weighted by Crippen LogP contribution is -2.49. The van der Waals surface area contributed by atoms with Crippen molar-refractivity contribution < 1.29 is 4.39 Å². The van der Waals surface area contributed by atoms with Gasteiger partial charge in [-0.1, -0.05) is 26.0 Å². The van der Waals surface area contributed by atoms with E-state index in [1.54, 1.807) is 12.1 Å². The van der Waals surface area contributed by atoms with Crippen LogP contribution in [0.5, 0.6) is 0 Å². The first-order chi connectivity index (χ1) is 9.54. The average molecular weight is 279 g/mol. The smallest absolute Gasteiger partial charge is 0.123 e. The van der Waals surface area contributed by atoms with Gasteiger partial charge in [-0.2, -0.15) is 0 Å². The van der Waals surface area contributed by atoms with E-state index in [1.807, 2.05) is 6.07 Å². The number of hydrogen-bond acceptors (Lipinski definition) is 3. The predicted octanol–water partition coefficient (Wildman–Crippen LogP) is 2.10. The third-order valence-corrected chi connectivity index (χ3v) is 3.82. The summed E-state index contributed by atoms with van der Waals surface area (Å²) in [5.41, 5.74) is 7.07. The largest absolute Gasteiger partial charge is 0.323 e. The molecule has 1 aromatic rings. The molecule has 2 rings (SSSR count). The van der Waals surface area contributed by atoms with E-state index in [1.165, 1.54) is 12.6 Å². The fourth-order valence-electron chi connectivity index (χ4n) is 2.79. The van der Waals surface area contributed by atoms with Gasteiger partial charge in [-0.3, -0.25) is 4.90 Å². The first-order valence-corrected chi connectivity index (χ1v) is 7.50. The van der Waals surface area contributed by atoms with Crippen molar-refractivity contribution in [3.63, 3.8) is 0 Å². The van der Waals surface area contributed by atoms with Crippen LogP contribution in [-0.2, 0) is 0 Å². The van der Waals surface area contributed by atoms with Crippen LogP contribution in [0.2, 0.25) is 0 Å². The third-order valence-electron chi connectivity index (χ3n) is 3.82. The van der Waals surface area contributed by atoms with Crippen LogP contribution in [0, 0.1) is 11.7 Å². The van der Waals surface area contributed by atoms with E-state index in [0.717, 1.165) is 44.2 Å². The maximum absolute atomic E-state index is 13.2. The topological polar surface area (TPSA) is 32.5 Å². The Hall–Kier alpha value is -0.970. The van der Waals surface area contributed by atoms with E-state index in [9.17, 15) is 4.39 Å². The highest BCUT2D eigenvalue weighted by Gasteiger charge is 2.19. The number of piperazine rings is 1. The highest BCUT2D eigenvalue weighted by molar-refractivity contribution is 5.20. The highest BCUT2D eigenvalue weighted by atomic mass is 19.1. The first kappa shape index (κ1) is 15.4. The molecular weight excluding hydrogens is 253 g/mol. The van der Waals surface area contributed by atoms with E-state index in [2.05, 4.69) is 23.6 Å². The summed E-state index contributed by atoms with van der Waals surface area (Å²) < 4.78 is 13.2. The van der Waals surface area contributed by atoms with Crippen molar-refractivity contribution >= 4 is 0 Å². The summed E-state index contributed by atoms with van der Waals surface area (Å²) in [4.78, 5) is 4.89. The van der Waals surface area contributed by atoms with Gasteiger partial charge < -0.3 is 10.6 Å². The Balaban J connectivity index is 1.80. The Bertz CT molecular complexity index is 414. The molecule has 0 saturated carbocycles. The number of hydrogen-bond donors (Lipinski definition) is 1. The van der Waals surface area contributed by atoms with E-state index < -0.39 is 0 Å². The lowest BCUT2D eigenvalue weighted by molar-refractivity contribution is 0.117. The van der Waals surface area contributed by atoms with Gasteiger partial charge >= 0.3 is 0 Å². The molecule has 1 aliphatic heterocycles. The normalized spacial score (nSPS) is 19.4. The minimum atomic E-state index is -0.209. The summed E-state index contributed by atoms with van der Waals surface area (Å²) >= 11 is 0. The van der Waals surface area contributed by atoms with E-state index >= 15 is 0 Å². The third kappa shape index (κ3) is 4.54. The number of rotatable bonds is 5. The van der Waals surface area contributed by atoms with Gasteiger partial charge in [0.25, 0.3) is 0 Å². The van der Waals surface area contributed by atoms with Crippen molar-refractivity contribution in [3.8, 4) is 0 Å². The minimum Gasteiger partial charge on any atom is -0.323 e. The summed E-state index contributed by atoms with van der Waals surface area (Å²) in [6, 6.07) is 6.52. The molecule has 112 valence electrons. The second kappa shape index (κ2) is 7.16. The van der Waals surface area contributed by atoms with Gasteiger partial charge in [-0.25, -0.2) is 4.39 Å². The second-order valence-electron chi connectivity index (χ2n) is 6.16. The van der Waals surface area contributed by atoms with Crippen molar-refractivity contribution in [2.45, 2.75) is 19.9 Å². The van der Waals surface area contributed by atoms with Gasteiger partial charge in [0.2, 0.25) is 0 Å². The first-order valence-electron chi connectivity index (χ1n) is 7.50. The average Bonchev–Trinajstić information content (AvgIpc) is 2.40. The van der Waals surface area contributed by atoms with E-state index in [4.69, 9.17) is 5.73 Å². The summed E-state index contributed by atoms with van der Waals surface area (Å²) in [7, 11) is 0. The highest BCUT2D eigenvalue weighted by Crippen LogP contribution is 2.14. The quantitative estimate of drug-likeness (QED) is 0.896. The molecule has 4 heteroatoms. The van der Waals surface area contributed by atoms with Gasteiger partial charge in [0, 0.05) is 45.3 Å². The molecule has 1 fully saturated rings. The molecule has 1 saturated heterocycles. The molecule has 1 aliphatic rings. The Kier molecular flexibility index (Phi) is 5.52. The van der Waals surface area contributed by atoms with Crippen molar-refractivity contribution in [3.05, 3.63) is 35.6 Å². The van der Waals surface area contributed by atoms with Gasteiger partial charge in [0.15, 0.2) is 0 Å². The molecule has 0 aromatic heterocycles. The molecule has 1 unspecified atom stereocenters. The molecule has 20 heavy (non-hydrogen) atoms. The molecule has 0 bridgehead atoms. The van der Waals surface area contributed by atoms with Crippen molar-refractivity contribution in [2.24, 2.45) is 11.7 Å². The van der Waals surface area contributed by atoms with Gasteiger partial charge in [-0.05, 0) is 23.6 Å². The monoisotopic (exact) mass is 279 g/mol. The minimum absolute atomic E-state index is 0.109. The Morgan fingerprint density at radius 1 is 1.10 bits per heavy atom. The molecule has 2 N–H and O–H groups in total. The zero-order valence-corrected chi connectivity index (χ0v) is 12.6. The predicted molar refractivity (Wildman–Crippen MR) is 81.0 cm³/mol. The summed E-state index contributed by atoms with van der Waals surface area (Å²) in [6.45, 7) is 10.8. The van der Waals surface area contributed by atoms with Crippen molar-refractivity contribution in [1.82, 2.24) is 9.80 Å². The van der Waals surface area contributed by atoms with Gasteiger partial charge in [0.1, 0.15) is 5.82 Å². The maximum atomic E-state index is 13.2. The molecular formula is C16H26FN3. The molecule has 1 atom stereocenters. The SMILES string of the molecule is CC(C)CN1CCN(CC(N)c2cccc(F)c2)CC1. The molecule has 0 radical (unpaired) electrons. The summed E-state index contributed by atoms with van der Waals surface area (Å²) in [6.07, 6.45) is 0. The van der Waals surface area contributed by atoms with E-state index in [0.29, 0.717) is 0 Å². The van der Waals surface area contributed by atoms with Crippen LogP contribution in [0.25, 0.3) is 0 Å². The van der Waals surface area contributed by atoms with E-state index in [-0.39, 0.29) is 11.9 Å². The number of nitrogens with zero attached hydrogens (tertiary/aromatic N) is 2. The standard InChI is InChI=1S/C16H26FN3/c1-13(2)11-19-6-8-20(9-7-19)12-16(18)14-4-3-5-15(17)10-14/h3-5,10,13,16H,6-9,11-12,18H2,1-2H3. The molecule has 3 nitrogen and oxygen atoms in total. The summed E-state index contributed by atoms with van der Waals surface area (Å²) in [5.74, 6) is 0.510. The zero-order chi connectivity index (χ0) is 14.5. The Labute approximate surface area is 121 Å². The Morgan fingerprint density at radius 2 is 1.70 bits per heavy atom. The van der Waals surface area contributed by atoms with Gasteiger partial charge in [-0.15, -0.1) is 0 Å². The van der Waals surface area contributed by atoms with Crippen molar-refractivity contribution in [2.75, 3.05) is 39.3 Å². The van der Waals surface area contributed by atoms with Crippen LogP contribution in [0.3, 0.4) is 0 Å². The molecule has 1 aromatic carbocycles. The lowest BCUT2D eigenvalue weighted by atomic mass is 10.1. The molecule has 0 spiro atoms. The van der Waals surface area contributed by atoms with Crippen LogP contribution < -0.4 is 5.73 Å². The van der Waals surface area contributed by atoms with Crippen LogP contribution in [0.4, 0.5) is 4.39 Å². The lowest BCUT2D eigenvalue weighted by Gasteiger charge is -2.36. The molecule has 1 heterocycles. The second-order valence-corrected chi connectivity index (χ2v) is 6.16. The number of halogens is 1. The fourth-order valence-corrected chi connectivity index (χ4v) is 2.79. The number of benzene rings is 1. The number of nitrogens with two attached hydrogens (primary N) is 1. The van der Waals surface area contributed by atoms with Crippen LogP contribution in [0.15, 0.2) is 24.3 Å². The molecule has 0 amide bonds. The zero-order valence-electron chi connectivity index (χ0n) is 12.6. The van der Waals surface area contributed by atoms with Gasteiger partial charge in [0.05, 0.1) is 0 Å². The van der Waals surface area contributed by atoms with Crippen molar-refractivity contribution in [1.29, 1.82) is 0 Å². The fraction of sp³-hybridized carbons (Fsp3) is 0.625. The van der Waals surface area contributed by atoms with Crippen LogP contribution in [-0.4, -0.2) is 49.1 Å².